The van der Waals surface area contributed by atoms with Gasteiger partial charge >= 0.3 is 5.97 Å². The van der Waals surface area contributed by atoms with Crippen molar-refractivity contribution in [2.24, 2.45) is 0 Å². The number of thioether (sulfide) groups is 1. The summed E-state index contributed by atoms with van der Waals surface area (Å²) in [4.78, 5) is 33.9. The lowest BCUT2D eigenvalue weighted by Crippen LogP contribution is -2.25. The van der Waals surface area contributed by atoms with Crippen LogP contribution in [0.1, 0.15) is 15.9 Å². The third-order valence-corrected chi connectivity index (χ3v) is 5.42. The molecule has 128 valence electrons. The van der Waals surface area contributed by atoms with Crippen LogP contribution in [-0.4, -0.2) is 27.5 Å². The molecule has 2 aromatic rings. The Morgan fingerprint density at radius 3 is 2.16 bits per heavy atom. The summed E-state index contributed by atoms with van der Waals surface area (Å²) in [6.07, 6.45) is 0.248. The van der Waals surface area contributed by atoms with E-state index in [1.807, 2.05) is 0 Å². The molecule has 0 spiro atoms. The van der Waals surface area contributed by atoms with Gasteiger partial charge in [-0.3, -0.25) is 14.9 Å². The van der Waals surface area contributed by atoms with Crippen LogP contribution in [-0.2, 0) is 11.2 Å². The van der Waals surface area contributed by atoms with Crippen LogP contribution in [0, 0.1) is 0 Å². The number of amides is 2. The fourth-order valence-corrected chi connectivity index (χ4v) is 3.96. The summed E-state index contributed by atoms with van der Waals surface area (Å²) in [6, 6.07) is 9.75. The van der Waals surface area contributed by atoms with Crippen LogP contribution in [0.5, 0.6) is 0 Å². The Morgan fingerprint density at radius 2 is 1.68 bits per heavy atom. The summed E-state index contributed by atoms with van der Waals surface area (Å²) in [7, 11) is 0. The summed E-state index contributed by atoms with van der Waals surface area (Å²) in [5.74, 6) is -1.35. The lowest BCUT2D eigenvalue weighted by molar-refractivity contribution is -0.118. The summed E-state index contributed by atoms with van der Waals surface area (Å²) < 4.78 is 0. The monoisotopic (exact) mass is 395 g/mol. The van der Waals surface area contributed by atoms with E-state index in [1.165, 1.54) is 12.1 Å². The van der Waals surface area contributed by atoms with E-state index >= 15 is 0 Å². The van der Waals surface area contributed by atoms with Gasteiger partial charge in [-0.2, -0.15) is 0 Å². The van der Waals surface area contributed by atoms with E-state index in [4.69, 9.17) is 28.3 Å². The number of hydrogen-bond acceptors (Lipinski definition) is 4. The van der Waals surface area contributed by atoms with Gasteiger partial charge in [-0.1, -0.05) is 47.1 Å². The van der Waals surface area contributed by atoms with Crippen molar-refractivity contribution in [3.8, 4) is 11.1 Å². The number of benzene rings is 2. The lowest BCUT2D eigenvalue weighted by Gasteiger charge is -2.12. The van der Waals surface area contributed by atoms with Gasteiger partial charge < -0.3 is 5.11 Å². The molecule has 0 radical (unpaired) electrons. The van der Waals surface area contributed by atoms with Gasteiger partial charge in [0.05, 0.1) is 10.8 Å². The van der Waals surface area contributed by atoms with Gasteiger partial charge in [0.15, 0.2) is 0 Å². The molecule has 5 nitrogen and oxygen atoms in total. The van der Waals surface area contributed by atoms with Crippen molar-refractivity contribution in [2.75, 3.05) is 0 Å². The number of hydrogen-bond donors (Lipinski definition) is 2. The quantitative estimate of drug-likeness (QED) is 0.807. The Balaban J connectivity index is 1.88. The van der Waals surface area contributed by atoms with E-state index in [-0.39, 0.29) is 23.1 Å². The normalized spacial score (nSPS) is 16.8. The third-order valence-electron chi connectivity index (χ3n) is 3.76. The van der Waals surface area contributed by atoms with E-state index in [0.29, 0.717) is 15.6 Å². The molecule has 8 heteroatoms. The van der Waals surface area contributed by atoms with Crippen LogP contribution in [0.4, 0.5) is 4.79 Å². The van der Waals surface area contributed by atoms with Crippen molar-refractivity contribution in [2.45, 2.75) is 11.7 Å². The molecule has 1 fully saturated rings. The van der Waals surface area contributed by atoms with Gasteiger partial charge in [-0.15, -0.1) is 0 Å². The second-order valence-corrected chi connectivity index (χ2v) is 7.38. The Hall–Kier alpha value is -2.02. The molecular formula is C17H11Cl2NO4S. The van der Waals surface area contributed by atoms with Crippen molar-refractivity contribution < 1.29 is 19.5 Å². The average Bonchev–Trinajstić information content (AvgIpc) is 2.88. The molecule has 0 bridgehead atoms. The van der Waals surface area contributed by atoms with Crippen LogP contribution >= 0.6 is 35.0 Å². The van der Waals surface area contributed by atoms with Crippen LogP contribution < -0.4 is 5.32 Å². The molecule has 3 rings (SSSR count). The van der Waals surface area contributed by atoms with Gasteiger partial charge in [0.25, 0.3) is 5.24 Å². The number of carboxylic acid groups (broad SMARTS) is 1. The lowest BCUT2D eigenvalue weighted by atomic mass is 10.0. The minimum atomic E-state index is -1.00. The van der Waals surface area contributed by atoms with Gasteiger partial charge in [-0.25, -0.2) is 4.79 Å². The zero-order valence-corrected chi connectivity index (χ0v) is 14.9. The molecule has 1 aliphatic heterocycles. The van der Waals surface area contributed by atoms with Gasteiger partial charge in [0.1, 0.15) is 0 Å². The number of carbonyl (C=O) groups excluding carboxylic acids is 2. The predicted molar refractivity (Wildman–Crippen MR) is 97.5 cm³/mol. The van der Waals surface area contributed by atoms with E-state index in [1.54, 1.807) is 24.3 Å². The molecule has 1 heterocycles. The highest BCUT2D eigenvalue weighted by atomic mass is 35.5. The Labute approximate surface area is 157 Å². The molecule has 25 heavy (non-hydrogen) atoms. The summed E-state index contributed by atoms with van der Waals surface area (Å²) >= 11 is 13.6. The molecule has 0 aliphatic carbocycles. The molecule has 1 saturated heterocycles. The van der Waals surface area contributed by atoms with E-state index < -0.39 is 11.2 Å². The average molecular weight is 396 g/mol. The SMILES string of the molecule is O=C1NC(=O)C(Cc2c(Cl)cc(-c3ccc(C(=O)O)cc3)cc2Cl)S1. The van der Waals surface area contributed by atoms with Crippen LogP contribution in [0.15, 0.2) is 36.4 Å². The maximum atomic E-state index is 11.7. The first kappa shape index (κ1) is 17.8. The topological polar surface area (TPSA) is 83.5 Å². The zero-order valence-electron chi connectivity index (χ0n) is 12.6. The Bertz CT molecular complexity index is 860. The Morgan fingerprint density at radius 1 is 1.08 bits per heavy atom. The molecule has 2 N–H and O–H groups in total. The van der Waals surface area contributed by atoms with Crippen molar-refractivity contribution in [1.29, 1.82) is 0 Å². The highest BCUT2D eigenvalue weighted by Crippen LogP contribution is 2.35. The smallest absolute Gasteiger partial charge is 0.335 e. The summed E-state index contributed by atoms with van der Waals surface area (Å²) in [6.45, 7) is 0. The van der Waals surface area contributed by atoms with Crippen molar-refractivity contribution in [3.63, 3.8) is 0 Å². The van der Waals surface area contributed by atoms with Gasteiger partial charge in [-0.05, 0) is 47.4 Å². The van der Waals surface area contributed by atoms with Crippen molar-refractivity contribution >= 4 is 52.1 Å². The number of carboxylic acids is 1. The maximum Gasteiger partial charge on any atom is 0.335 e. The van der Waals surface area contributed by atoms with Crippen molar-refractivity contribution in [3.05, 3.63) is 57.6 Å². The minimum absolute atomic E-state index is 0.187. The molecule has 1 atom stereocenters. The second-order valence-electron chi connectivity index (χ2n) is 5.39. The highest BCUT2D eigenvalue weighted by Gasteiger charge is 2.32. The molecule has 0 aromatic heterocycles. The number of aromatic carboxylic acids is 1. The first-order valence-corrected chi connectivity index (χ1v) is 8.82. The summed E-state index contributed by atoms with van der Waals surface area (Å²) in [5, 5.41) is 11.0. The zero-order chi connectivity index (χ0) is 18.1. The van der Waals surface area contributed by atoms with Gasteiger partial charge in [0.2, 0.25) is 5.91 Å². The number of imide groups is 1. The van der Waals surface area contributed by atoms with Gasteiger partial charge in [0, 0.05) is 10.0 Å². The molecule has 2 aromatic carbocycles. The third kappa shape index (κ3) is 3.81. The van der Waals surface area contributed by atoms with E-state index in [0.717, 1.165) is 22.9 Å². The van der Waals surface area contributed by atoms with Crippen molar-refractivity contribution in [1.82, 2.24) is 5.32 Å². The van der Waals surface area contributed by atoms with Crippen LogP contribution in [0.25, 0.3) is 11.1 Å². The second kappa shape index (κ2) is 7.07. The fourth-order valence-electron chi connectivity index (χ4n) is 2.48. The molecule has 2 amide bonds. The minimum Gasteiger partial charge on any atom is -0.478 e. The van der Waals surface area contributed by atoms with Crippen LogP contribution in [0.3, 0.4) is 0 Å². The summed E-state index contributed by atoms with van der Waals surface area (Å²) in [5.41, 5.74) is 2.28. The van der Waals surface area contributed by atoms with E-state index in [9.17, 15) is 14.4 Å². The molecule has 1 unspecified atom stereocenters. The predicted octanol–water partition coefficient (Wildman–Crippen LogP) is 4.25. The largest absolute Gasteiger partial charge is 0.478 e. The fraction of sp³-hybridized carbons (Fsp3) is 0.118. The Kier molecular flexibility index (Phi) is 5.03. The number of nitrogens with one attached hydrogen (secondary N) is 1. The van der Waals surface area contributed by atoms with E-state index in [2.05, 4.69) is 5.32 Å². The first-order chi connectivity index (χ1) is 11.8. The number of rotatable bonds is 4. The van der Waals surface area contributed by atoms with Crippen LogP contribution in [0.2, 0.25) is 10.0 Å². The molecule has 1 aliphatic rings. The molecule has 0 saturated carbocycles. The first-order valence-electron chi connectivity index (χ1n) is 7.18. The number of carbonyl (C=O) groups is 3. The number of halogens is 2. The highest BCUT2D eigenvalue weighted by molar-refractivity contribution is 8.15. The maximum absolute atomic E-state index is 11.7. The molecular weight excluding hydrogens is 385 g/mol. The standard InChI is InChI=1S/C17H11Cl2NO4S/c18-12-5-10(8-1-3-9(4-2-8)16(22)23)6-13(19)11(12)7-14-15(21)20-17(24)25-14/h1-6,14H,7H2,(H,22,23)(H,20,21,24).